The zero-order valence-electron chi connectivity index (χ0n) is 16.8. The van der Waals surface area contributed by atoms with Crippen LogP contribution in [0.15, 0.2) is 42.5 Å². The molecular weight excluding hydrogens is 340 g/mol. The van der Waals surface area contributed by atoms with Gasteiger partial charge in [-0.3, -0.25) is 4.79 Å². The van der Waals surface area contributed by atoms with E-state index in [9.17, 15) is 4.79 Å². The molecule has 0 bridgehead atoms. The van der Waals surface area contributed by atoms with E-state index in [2.05, 4.69) is 13.0 Å². The maximum absolute atomic E-state index is 12.1. The van der Waals surface area contributed by atoms with Crippen LogP contribution in [-0.4, -0.2) is 26.3 Å². The second-order valence-electron chi connectivity index (χ2n) is 6.62. The van der Waals surface area contributed by atoms with Gasteiger partial charge >= 0.3 is 5.97 Å². The molecule has 0 spiro atoms. The highest BCUT2D eigenvalue weighted by atomic mass is 16.5. The van der Waals surface area contributed by atoms with Gasteiger partial charge in [-0.1, -0.05) is 36.8 Å². The normalized spacial score (nSPS) is 11.7. The lowest BCUT2D eigenvalue weighted by Crippen LogP contribution is -2.19. The molecule has 0 aliphatic carbocycles. The average molecular weight is 370 g/mol. The highest BCUT2D eigenvalue weighted by Crippen LogP contribution is 2.24. The summed E-state index contributed by atoms with van der Waals surface area (Å²) in [6.07, 6.45) is 2.17. The first-order valence-corrected chi connectivity index (χ1v) is 9.59. The van der Waals surface area contributed by atoms with Gasteiger partial charge in [0.15, 0.2) is 0 Å². The number of carbonyl (C=O) groups is 1. The maximum atomic E-state index is 12.1. The van der Waals surface area contributed by atoms with Gasteiger partial charge in [0.25, 0.3) is 0 Å². The van der Waals surface area contributed by atoms with Crippen molar-refractivity contribution in [1.82, 2.24) is 0 Å². The van der Waals surface area contributed by atoms with Crippen LogP contribution >= 0.6 is 0 Å². The SMILES string of the molecule is CCOC(=O)C(CC)Cc1ccc(OC)c(CCOc2ccc(C)cc2)c1. The molecule has 0 fully saturated rings. The largest absolute Gasteiger partial charge is 0.496 e. The number of esters is 1. The van der Waals surface area contributed by atoms with Gasteiger partial charge in [-0.05, 0) is 56.0 Å². The van der Waals surface area contributed by atoms with E-state index in [-0.39, 0.29) is 11.9 Å². The van der Waals surface area contributed by atoms with E-state index in [4.69, 9.17) is 14.2 Å². The van der Waals surface area contributed by atoms with E-state index in [0.29, 0.717) is 19.6 Å². The van der Waals surface area contributed by atoms with Crippen molar-refractivity contribution in [3.8, 4) is 11.5 Å². The minimum absolute atomic E-state index is 0.116. The second kappa shape index (κ2) is 10.6. The zero-order valence-corrected chi connectivity index (χ0v) is 16.8. The topological polar surface area (TPSA) is 44.8 Å². The molecule has 0 saturated heterocycles. The highest BCUT2D eigenvalue weighted by molar-refractivity contribution is 5.72. The van der Waals surface area contributed by atoms with E-state index >= 15 is 0 Å². The first-order chi connectivity index (χ1) is 13.1. The minimum atomic E-state index is -0.125. The van der Waals surface area contributed by atoms with Gasteiger partial charge in [-0.25, -0.2) is 0 Å². The smallest absolute Gasteiger partial charge is 0.309 e. The summed E-state index contributed by atoms with van der Waals surface area (Å²) < 4.78 is 16.5. The fourth-order valence-electron chi connectivity index (χ4n) is 3.01. The van der Waals surface area contributed by atoms with Crippen LogP contribution in [0.5, 0.6) is 11.5 Å². The maximum Gasteiger partial charge on any atom is 0.309 e. The molecule has 0 aliphatic heterocycles. The molecule has 27 heavy (non-hydrogen) atoms. The molecule has 0 saturated carbocycles. The third kappa shape index (κ3) is 6.31. The molecule has 0 aliphatic rings. The standard InChI is InChI=1S/C23H30O4/c1-5-19(23(24)26-6-2)15-18-9-12-22(25-4)20(16-18)13-14-27-21-10-7-17(3)8-11-21/h7-12,16,19H,5-6,13-15H2,1-4H3. The summed E-state index contributed by atoms with van der Waals surface area (Å²) in [6.45, 7) is 6.89. The quantitative estimate of drug-likeness (QED) is 0.566. The number of aryl methyl sites for hydroxylation is 1. The molecule has 4 nitrogen and oxygen atoms in total. The first kappa shape index (κ1) is 20.8. The van der Waals surface area contributed by atoms with Crippen LogP contribution in [0.4, 0.5) is 0 Å². The molecule has 0 amide bonds. The number of rotatable bonds is 10. The Kier molecular flexibility index (Phi) is 8.18. The number of hydrogen-bond donors (Lipinski definition) is 0. The lowest BCUT2D eigenvalue weighted by atomic mass is 9.95. The summed E-state index contributed by atoms with van der Waals surface area (Å²) in [5.74, 6) is 1.47. The van der Waals surface area contributed by atoms with Crippen molar-refractivity contribution in [2.45, 2.75) is 40.0 Å². The molecule has 0 aromatic heterocycles. The average Bonchev–Trinajstić information content (AvgIpc) is 2.68. The van der Waals surface area contributed by atoms with Crippen molar-refractivity contribution in [2.75, 3.05) is 20.3 Å². The van der Waals surface area contributed by atoms with Crippen LogP contribution < -0.4 is 9.47 Å². The molecule has 4 heteroatoms. The van der Waals surface area contributed by atoms with Crippen LogP contribution in [0.25, 0.3) is 0 Å². The number of hydrogen-bond acceptors (Lipinski definition) is 4. The van der Waals surface area contributed by atoms with Gasteiger partial charge in [0.2, 0.25) is 0 Å². The monoisotopic (exact) mass is 370 g/mol. The summed E-state index contributed by atoms with van der Waals surface area (Å²) in [5.41, 5.74) is 3.41. The molecule has 0 N–H and O–H groups in total. The molecule has 0 radical (unpaired) electrons. The predicted octanol–water partition coefficient (Wildman–Crippen LogP) is 4.76. The zero-order chi connectivity index (χ0) is 19.6. The van der Waals surface area contributed by atoms with E-state index in [0.717, 1.165) is 35.5 Å². The number of methoxy groups -OCH3 is 1. The highest BCUT2D eigenvalue weighted by Gasteiger charge is 2.18. The van der Waals surface area contributed by atoms with Crippen LogP contribution in [0.2, 0.25) is 0 Å². The lowest BCUT2D eigenvalue weighted by Gasteiger charge is -2.16. The first-order valence-electron chi connectivity index (χ1n) is 9.59. The Morgan fingerprint density at radius 2 is 1.81 bits per heavy atom. The molecule has 0 heterocycles. The predicted molar refractivity (Wildman–Crippen MR) is 107 cm³/mol. The second-order valence-corrected chi connectivity index (χ2v) is 6.62. The van der Waals surface area contributed by atoms with Crippen molar-refractivity contribution in [3.63, 3.8) is 0 Å². The van der Waals surface area contributed by atoms with Gasteiger partial charge in [-0.2, -0.15) is 0 Å². The van der Waals surface area contributed by atoms with Crippen LogP contribution in [-0.2, 0) is 22.4 Å². The summed E-state index contributed by atoms with van der Waals surface area (Å²) in [4.78, 5) is 12.1. The fraction of sp³-hybridized carbons (Fsp3) is 0.435. The Balaban J connectivity index is 2.03. The van der Waals surface area contributed by atoms with Crippen LogP contribution in [0.3, 0.4) is 0 Å². The summed E-state index contributed by atoms with van der Waals surface area (Å²) in [6, 6.07) is 14.1. The van der Waals surface area contributed by atoms with Crippen molar-refractivity contribution in [3.05, 3.63) is 59.2 Å². The van der Waals surface area contributed by atoms with Gasteiger partial charge in [0.05, 0.1) is 26.2 Å². The molecule has 2 aromatic rings. The summed E-state index contributed by atoms with van der Waals surface area (Å²) >= 11 is 0. The van der Waals surface area contributed by atoms with E-state index in [1.807, 2.05) is 50.2 Å². The number of benzene rings is 2. The molecule has 1 atom stereocenters. The van der Waals surface area contributed by atoms with E-state index < -0.39 is 0 Å². The van der Waals surface area contributed by atoms with Crippen LogP contribution in [0, 0.1) is 12.8 Å². The van der Waals surface area contributed by atoms with E-state index in [1.165, 1.54) is 5.56 Å². The number of carbonyl (C=O) groups excluding carboxylic acids is 1. The summed E-state index contributed by atoms with van der Waals surface area (Å²) in [7, 11) is 1.67. The Morgan fingerprint density at radius 1 is 1.07 bits per heavy atom. The number of ether oxygens (including phenoxy) is 3. The van der Waals surface area contributed by atoms with Crippen LogP contribution in [0.1, 0.15) is 37.0 Å². The van der Waals surface area contributed by atoms with Gasteiger partial charge in [-0.15, -0.1) is 0 Å². The van der Waals surface area contributed by atoms with Crippen molar-refractivity contribution in [1.29, 1.82) is 0 Å². The third-order valence-corrected chi connectivity index (χ3v) is 4.60. The van der Waals surface area contributed by atoms with Gasteiger partial charge in [0.1, 0.15) is 11.5 Å². The van der Waals surface area contributed by atoms with Crippen molar-refractivity contribution >= 4 is 5.97 Å². The minimum Gasteiger partial charge on any atom is -0.496 e. The Bertz CT molecular complexity index is 722. The van der Waals surface area contributed by atoms with Gasteiger partial charge < -0.3 is 14.2 Å². The van der Waals surface area contributed by atoms with Crippen molar-refractivity contribution in [2.24, 2.45) is 5.92 Å². The van der Waals surface area contributed by atoms with Gasteiger partial charge in [0, 0.05) is 6.42 Å². The van der Waals surface area contributed by atoms with Crippen molar-refractivity contribution < 1.29 is 19.0 Å². The fourth-order valence-corrected chi connectivity index (χ4v) is 3.01. The summed E-state index contributed by atoms with van der Waals surface area (Å²) in [5, 5.41) is 0. The Morgan fingerprint density at radius 3 is 2.44 bits per heavy atom. The molecular formula is C23H30O4. The Hall–Kier alpha value is -2.49. The Labute approximate surface area is 162 Å². The van der Waals surface area contributed by atoms with E-state index in [1.54, 1.807) is 7.11 Å². The molecule has 2 aromatic carbocycles. The molecule has 1 unspecified atom stereocenters. The third-order valence-electron chi connectivity index (χ3n) is 4.60. The molecule has 2 rings (SSSR count). The molecule has 146 valence electrons. The lowest BCUT2D eigenvalue weighted by molar-refractivity contribution is -0.148.